The summed E-state index contributed by atoms with van der Waals surface area (Å²) in [6, 6.07) is 8.06. The van der Waals surface area contributed by atoms with Gasteiger partial charge in [0.2, 0.25) is 0 Å². The third-order valence-corrected chi connectivity index (χ3v) is 2.57. The lowest BCUT2D eigenvalue weighted by atomic mass is 10.2. The van der Waals surface area contributed by atoms with E-state index in [4.69, 9.17) is 4.74 Å². The lowest BCUT2D eigenvalue weighted by Crippen LogP contribution is -2.13. The van der Waals surface area contributed by atoms with Crippen molar-refractivity contribution in [2.75, 3.05) is 12.4 Å². The van der Waals surface area contributed by atoms with Crippen LogP contribution in [0.4, 0.5) is 5.69 Å². The van der Waals surface area contributed by atoms with E-state index in [2.05, 4.69) is 9.73 Å². The number of ether oxygens (including phenoxy) is 1. The van der Waals surface area contributed by atoms with Gasteiger partial charge in [-0.25, -0.2) is 4.79 Å². The van der Waals surface area contributed by atoms with E-state index < -0.39 is 5.63 Å². The Morgan fingerprint density at radius 3 is 2.68 bits per heavy atom. The summed E-state index contributed by atoms with van der Waals surface area (Å²) in [7, 11) is 1.53. The number of nitrogens with one attached hydrogen (secondary N) is 1. The Morgan fingerprint density at radius 1 is 1.26 bits per heavy atom. The molecule has 0 aliphatic heterocycles. The second kappa shape index (κ2) is 5.39. The lowest BCUT2D eigenvalue weighted by molar-refractivity contribution is 0.102. The van der Waals surface area contributed by atoms with E-state index >= 15 is 0 Å². The van der Waals surface area contributed by atoms with Crippen molar-refractivity contribution in [3.63, 3.8) is 0 Å². The standard InChI is InChI=1S/C14H13NO4/c1-9-3-5-12(18-2)11(7-9)15-14(17)10-4-6-13(16)19-8-10/h3-8H,1-2H3,(H,15,17). The van der Waals surface area contributed by atoms with Crippen molar-refractivity contribution in [2.24, 2.45) is 0 Å². The monoisotopic (exact) mass is 259 g/mol. The van der Waals surface area contributed by atoms with Gasteiger partial charge in [0, 0.05) is 6.07 Å². The highest BCUT2D eigenvalue weighted by Crippen LogP contribution is 2.25. The molecule has 98 valence electrons. The van der Waals surface area contributed by atoms with Gasteiger partial charge in [0.05, 0.1) is 18.4 Å². The molecule has 1 aromatic carbocycles. The molecule has 2 aromatic rings. The van der Waals surface area contributed by atoms with Gasteiger partial charge in [0.15, 0.2) is 0 Å². The molecule has 5 heteroatoms. The zero-order chi connectivity index (χ0) is 13.8. The van der Waals surface area contributed by atoms with E-state index in [1.165, 1.54) is 19.2 Å². The van der Waals surface area contributed by atoms with E-state index in [9.17, 15) is 9.59 Å². The molecule has 1 aromatic heterocycles. The summed E-state index contributed by atoms with van der Waals surface area (Å²) in [6.07, 6.45) is 1.12. The van der Waals surface area contributed by atoms with Gasteiger partial charge in [0.25, 0.3) is 5.91 Å². The first-order valence-electron chi connectivity index (χ1n) is 5.65. The van der Waals surface area contributed by atoms with Crippen molar-refractivity contribution in [1.29, 1.82) is 0 Å². The summed E-state index contributed by atoms with van der Waals surface area (Å²) in [5.74, 6) is 0.198. The molecule has 5 nitrogen and oxygen atoms in total. The molecule has 0 aliphatic rings. The van der Waals surface area contributed by atoms with Gasteiger partial charge < -0.3 is 14.5 Å². The summed E-state index contributed by atoms with van der Waals surface area (Å²) in [5.41, 5.74) is 1.34. The van der Waals surface area contributed by atoms with Crippen molar-refractivity contribution >= 4 is 11.6 Å². The highest BCUT2D eigenvalue weighted by Gasteiger charge is 2.10. The minimum atomic E-state index is -0.496. The van der Waals surface area contributed by atoms with E-state index in [1.54, 1.807) is 12.1 Å². The van der Waals surface area contributed by atoms with Crippen molar-refractivity contribution in [2.45, 2.75) is 6.92 Å². The van der Waals surface area contributed by atoms with Gasteiger partial charge >= 0.3 is 5.63 Å². The topological polar surface area (TPSA) is 68.5 Å². The second-order valence-corrected chi connectivity index (χ2v) is 4.00. The quantitative estimate of drug-likeness (QED) is 0.917. The average molecular weight is 259 g/mol. The molecule has 0 spiro atoms. The normalized spacial score (nSPS) is 10.0. The summed E-state index contributed by atoms with van der Waals surface area (Å²) < 4.78 is 9.82. The fraction of sp³-hybridized carbons (Fsp3) is 0.143. The van der Waals surface area contributed by atoms with E-state index in [0.717, 1.165) is 11.8 Å². The highest BCUT2D eigenvalue weighted by molar-refractivity contribution is 6.04. The summed E-state index contributed by atoms with van der Waals surface area (Å²) in [5, 5.41) is 2.71. The van der Waals surface area contributed by atoms with Crippen molar-refractivity contribution in [3.05, 3.63) is 58.1 Å². The third kappa shape index (κ3) is 3.01. The molecule has 19 heavy (non-hydrogen) atoms. The predicted molar refractivity (Wildman–Crippen MR) is 70.7 cm³/mol. The van der Waals surface area contributed by atoms with Crippen LogP contribution in [-0.2, 0) is 0 Å². The van der Waals surface area contributed by atoms with Crippen LogP contribution in [0.1, 0.15) is 15.9 Å². The maximum atomic E-state index is 12.0. The first-order valence-corrected chi connectivity index (χ1v) is 5.65. The van der Waals surface area contributed by atoms with Crippen LogP contribution in [0.15, 0.2) is 45.8 Å². The Kier molecular flexibility index (Phi) is 3.66. The zero-order valence-electron chi connectivity index (χ0n) is 10.6. The van der Waals surface area contributed by atoms with Crippen LogP contribution in [0.5, 0.6) is 5.75 Å². The maximum Gasteiger partial charge on any atom is 0.335 e. The SMILES string of the molecule is COc1ccc(C)cc1NC(=O)c1ccc(=O)oc1. The molecule has 1 N–H and O–H groups in total. The molecule has 0 atom stereocenters. The summed E-state index contributed by atoms with van der Waals surface area (Å²) in [4.78, 5) is 22.8. The van der Waals surface area contributed by atoms with Gasteiger partial charge in [-0.2, -0.15) is 0 Å². The largest absolute Gasteiger partial charge is 0.495 e. The molecular formula is C14H13NO4. The number of aryl methyl sites for hydroxylation is 1. The van der Waals surface area contributed by atoms with Crippen LogP contribution in [0, 0.1) is 6.92 Å². The third-order valence-electron chi connectivity index (χ3n) is 2.57. The molecule has 0 aliphatic carbocycles. The number of hydrogen-bond donors (Lipinski definition) is 1. The number of hydrogen-bond acceptors (Lipinski definition) is 4. The number of amides is 1. The van der Waals surface area contributed by atoms with Gasteiger partial charge in [-0.3, -0.25) is 4.79 Å². The van der Waals surface area contributed by atoms with E-state index in [-0.39, 0.29) is 11.5 Å². The van der Waals surface area contributed by atoms with Crippen molar-refractivity contribution in [3.8, 4) is 5.75 Å². The first-order chi connectivity index (χ1) is 9.10. The number of methoxy groups -OCH3 is 1. The molecule has 0 radical (unpaired) electrons. The molecular weight excluding hydrogens is 246 g/mol. The Bertz CT molecular complexity index is 640. The van der Waals surface area contributed by atoms with Crippen LogP contribution in [-0.4, -0.2) is 13.0 Å². The molecule has 2 rings (SSSR count). The Balaban J connectivity index is 2.25. The number of rotatable bonds is 3. The molecule has 0 saturated carbocycles. The zero-order valence-corrected chi connectivity index (χ0v) is 10.6. The molecule has 1 heterocycles. The van der Waals surface area contributed by atoms with Gasteiger partial charge in [-0.1, -0.05) is 6.07 Å². The number of carbonyl (C=O) groups is 1. The van der Waals surface area contributed by atoms with Crippen molar-refractivity contribution < 1.29 is 13.9 Å². The van der Waals surface area contributed by atoms with E-state index in [1.807, 2.05) is 13.0 Å². The minimum absolute atomic E-state index is 0.267. The Hall–Kier alpha value is -2.56. The summed E-state index contributed by atoms with van der Waals surface area (Å²) in [6.45, 7) is 1.91. The highest BCUT2D eigenvalue weighted by atomic mass is 16.5. The van der Waals surface area contributed by atoms with Crippen LogP contribution in [0.3, 0.4) is 0 Å². The van der Waals surface area contributed by atoms with Crippen molar-refractivity contribution in [1.82, 2.24) is 0 Å². The number of carbonyl (C=O) groups excluding carboxylic acids is 1. The Labute approximate surface area is 109 Å². The average Bonchev–Trinajstić information content (AvgIpc) is 2.39. The molecule has 0 saturated heterocycles. The summed E-state index contributed by atoms with van der Waals surface area (Å²) >= 11 is 0. The van der Waals surface area contributed by atoms with E-state index in [0.29, 0.717) is 11.4 Å². The molecule has 0 unspecified atom stereocenters. The lowest BCUT2D eigenvalue weighted by Gasteiger charge is -2.10. The molecule has 0 bridgehead atoms. The smallest absolute Gasteiger partial charge is 0.335 e. The molecule has 0 fully saturated rings. The fourth-order valence-electron chi connectivity index (χ4n) is 1.60. The van der Waals surface area contributed by atoms with Crippen LogP contribution in [0.2, 0.25) is 0 Å². The first kappa shape index (κ1) is 12.9. The predicted octanol–water partition coefficient (Wildman–Crippen LogP) is 2.21. The molecule has 1 amide bonds. The van der Waals surface area contributed by atoms with Gasteiger partial charge in [-0.15, -0.1) is 0 Å². The number of anilines is 1. The fourth-order valence-corrected chi connectivity index (χ4v) is 1.60. The van der Waals surface area contributed by atoms with Crippen LogP contribution >= 0.6 is 0 Å². The minimum Gasteiger partial charge on any atom is -0.495 e. The van der Waals surface area contributed by atoms with Crippen LogP contribution in [0.25, 0.3) is 0 Å². The maximum absolute atomic E-state index is 12.0. The Morgan fingerprint density at radius 2 is 2.05 bits per heavy atom. The van der Waals surface area contributed by atoms with Gasteiger partial charge in [0.1, 0.15) is 12.0 Å². The van der Waals surface area contributed by atoms with Crippen LogP contribution < -0.4 is 15.7 Å². The second-order valence-electron chi connectivity index (χ2n) is 4.00. The number of benzene rings is 1. The van der Waals surface area contributed by atoms with Gasteiger partial charge in [-0.05, 0) is 30.7 Å².